The van der Waals surface area contributed by atoms with Gasteiger partial charge in [-0.2, -0.15) is 0 Å². The average Bonchev–Trinajstić information content (AvgIpc) is 3.35. The number of imide groups is 1. The molecule has 3 N–H and O–H groups in total. The molecule has 8 heteroatoms. The number of nitrogen functional groups attached to an aromatic ring is 1. The normalized spacial score (nSPS) is 33.1. The molecule has 4 aliphatic rings. The molecule has 7 nitrogen and oxygen atoms in total. The number of fused-ring (bicyclic) bond motifs is 6. The Bertz CT molecular complexity index is 847. The van der Waals surface area contributed by atoms with Crippen LogP contribution in [0.2, 0.25) is 0 Å². The van der Waals surface area contributed by atoms with Crippen LogP contribution in [0.3, 0.4) is 0 Å². The number of ether oxygens (including phenoxy) is 1. The van der Waals surface area contributed by atoms with Gasteiger partial charge in [0.1, 0.15) is 6.04 Å². The first kappa shape index (κ1) is 20.2. The van der Waals surface area contributed by atoms with Crippen LogP contribution in [0.1, 0.15) is 49.8 Å². The summed E-state index contributed by atoms with van der Waals surface area (Å²) in [4.78, 5) is 39.9. The van der Waals surface area contributed by atoms with E-state index in [1.165, 1.54) is 4.90 Å². The smallest absolute Gasteiger partial charge is 0.243 e. The van der Waals surface area contributed by atoms with Gasteiger partial charge in [-0.1, -0.05) is 6.07 Å². The van der Waals surface area contributed by atoms with Crippen molar-refractivity contribution in [1.82, 2.24) is 10.2 Å². The average molecular weight is 420 g/mol. The molecule has 29 heavy (non-hydrogen) atoms. The van der Waals surface area contributed by atoms with Crippen molar-refractivity contribution < 1.29 is 19.1 Å². The van der Waals surface area contributed by atoms with Gasteiger partial charge in [-0.3, -0.25) is 19.3 Å². The van der Waals surface area contributed by atoms with E-state index < -0.39 is 17.9 Å². The molecule has 3 heterocycles. The summed E-state index contributed by atoms with van der Waals surface area (Å²) < 4.78 is 5.76. The minimum absolute atomic E-state index is 0. The molecule has 2 bridgehead atoms. The molecular formula is C21H26ClN3O4. The number of carbonyl (C=O) groups excluding carboxylic acids is 3. The standard InChI is InChI=1S/C21H25N3O4.ClH/c1-10(24-20(26)17-15-7-8-16(28-15)18(17)21(24)27)19(25)23-14-4-2-3-11-9-12(22)5-6-13(11)14;/h5-6,9-10,14-18H,2-4,7-8,22H2,1H3,(H,23,25);1H. The Labute approximate surface area is 175 Å². The lowest BCUT2D eigenvalue weighted by atomic mass is 9.81. The number of benzene rings is 1. The molecule has 1 aliphatic carbocycles. The van der Waals surface area contributed by atoms with Gasteiger partial charge in [0.15, 0.2) is 0 Å². The van der Waals surface area contributed by atoms with Crippen molar-refractivity contribution in [2.24, 2.45) is 11.8 Å². The quantitative estimate of drug-likeness (QED) is 0.574. The fraction of sp³-hybridized carbons (Fsp3) is 0.571. The molecule has 1 aromatic rings. The van der Waals surface area contributed by atoms with E-state index in [1.54, 1.807) is 6.92 Å². The van der Waals surface area contributed by atoms with Crippen LogP contribution >= 0.6 is 12.4 Å². The molecular weight excluding hydrogens is 394 g/mol. The first-order chi connectivity index (χ1) is 13.5. The number of nitrogens with one attached hydrogen (secondary N) is 1. The van der Waals surface area contributed by atoms with Gasteiger partial charge in [0.05, 0.1) is 30.1 Å². The van der Waals surface area contributed by atoms with Gasteiger partial charge in [-0.15, -0.1) is 12.4 Å². The van der Waals surface area contributed by atoms with Crippen LogP contribution in [0.15, 0.2) is 18.2 Å². The molecule has 6 unspecified atom stereocenters. The maximum Gasteiger partial charge on any atom is 0.243 e. The number of carbonyl (C=O) groups is 3. The molecule has 0 saturated carbocycles. The summed E-state index contributed by atoms with van der Waals surface area (Å²) in [6, 6.07) is 4.83. The molecule has 3 fully saturated rings. The number of halogens is 1. The zero-order valence-corrected chi connectivity index (χ0v) is 17.1. The van der Waals surface area contributed by atoms with Crippen molar-refractivity contribution in [2.75, 3.05) is 5.73 Å². The number of rotatable bonds is 3. The number of aryl methyl sites for hydroxylation is 1. The van der Waals surface area contributed by atoms with Gasteiger partial charge in [0.25, 0.3) is 0 Å². The Kier molecular flexibility index (Phi) is 5.07. The first-order valence-corrected chi connectivity index (χ1v) is 10.2. The van der Waals surface area contributed by atoms with E-state index in [2.05, 4.69) is 5.32 Å². The number of nitrogens with two attached hydrogens (primary N) is 1. The minimum Gasteiger partial charge on any atom is -0.399 e. The number of amides is 3. The molecule has 3 aliphatic heterocycles. The minimum atomic E-state index is -0.816. The van der Waals surface area contributed by atoms with Crippen LogP contribution in [0.25, 0.3) is 0 Å². The zero-order valence-electron chi connectivity index (χ0n) is 16.3. The lowest BCUT2D eigenvalue weighted by molar-refractivity contribution is -0.149. The lowest BCUT2D eigenvalue weighted by Crippen LogP contribution is -2.50. The van der Waals surface area contributed by atoms with Crippen LogP contribution in [-0.4, -0.2) is 40.9 Å². The van der Waals surface area contributed by atoms with E-state index in [9.17, 15) is 14.4 Å². The topological polar surface area (TPSA) is 102 Å². The highest BCUT2D eigenvalue weighted by molar-refractivity contribution is 6.09. The SMILES string of the molecule is CC(C(=O)NC1CCCc2cc(N)ccc21)N1C(=O)C2C3CCC(O3)C2C1=O.Cl. The lowest BCUT2D eigenvalue weighted by Gasteiger charge is -2.30. The van der Waals surface area contributed by atoms with Gasteiger partial charge in [-0.25, -0.2) is 0 Å². The molecule has 0 spiro atoms. The van der Waals surface area contributed by atoms with E-state index in [0.29, 0.717) is 0 Å². The van der Waals surface area contributed by atoms with Crippen LogP contribution in [0.5, 0.6) is 0 Å². The van der Waals surface area contributed by atoms with Crippen LogP contribution in [0, 0.1) is 11.8 Å². The van der Waals surface area contributed by atoms with E-state index >= 15 is 0 Å². The van der Waals surface area contributed by atoms with Crippen LogP contribution in [-0.2, 0) is 25.5 Å². The second kappa shape index (κ2) is 7.29. The third-order valence-corrected chi connectivity index (χ3v) is 6.88. The Morgan fingerprint density at radius 2 is 1.83 bits per heavy atom. The van der Waals surface area contributed by atoms with Crippen molar-refractivity contribution >= 4 is 35.8 Å². The second-order valence-electron chi connectivity index (χ2n) is 8.48. The Hall–Kier alpha value is -2.12. The summed E-state index contributed by atoms with van der Waals surface area (Å²) in [6.45, 7) is 1.64. The third kappa shape index (κ3) is 3.02. The molecule has 5 rings (SSSR count). The molecule has 156 valence electrons. The predicted octanol–water partition coefficient (Wildman–Crippen LogP) is 1.74. The van der Waals surface area contributed by atoms with Crippen molar-refractivity contribution in [2.45, 2.75) is 63.3 Å². The molecule has 3 saturated heterocycles. The highest BCUT2D eigenvalue weighted by Gasteiger charge is 2.63. The van der Waals surface area contributed by atoms with Crippen LogP contribution < -0.4 is 11.1 Å². The number of anilines is 1. The zero-order chi connectivity index (χ0) is 19.6. The molecule has 6 atom stereocenters. The van der Waals surface area contributed by atoms with E-state index in [4.69, 9.17) is 10.5 Å². The summed E-state index contributed by atoms with van der Waals surface area (Å²) in [5.74, 6) is -1.59. The highest BCUT2D eigenvalue weighted by Crippen LogP contribution is 2.48. The Morgan fingerprint density at radius 1 is 1.17 bits per heavy atom. The van der Waals surface area contributed by atoms with Crippen molar-refractivity contribution in [3.05, 3.63) is 29.3 Å². The van der Waals surface area contributed by atoms with Gasteiger partial charge >= 0.3 is 0 Å². The number of likely N-dealkylation sites (tertiary alicyclic amines) is 1. The highest BCUT2D eigenvalue weighted by atomic mass is 35.5. The first-order valence-electron chi connectivity index (χ1n) is 10.2. The molecule has 0 aromatic heterocycles. The van der Waals surface area contributed by atoms with Gasteiger partial charge in [0.2, 0.25) is 17.7 Å². The summed E-state index contributed by atoms with van der Waals surface area (Å²) in [5.41, 5.74) is 8.83. The fourth-order valence-electron chi connectivity index (χ4n) is 5.51. The molecule has 0 radical (unpaired) electrons. The van der Waals surface area contributed by atoms with Crippen molar-refractivity contribution in [1.29, 1.82) is 0 Å². The summed E-state index contributed by atoms with van der Waals surface area (Å²) in [6.07, 6.45) is 4.05. The van der Waals surface area contributed by atoms with Crippen molar-refractivity contribution in [3.63, 3.8) is 0 Å². The van der Waals surface area contributed by atoms with E-state index in [0.717, 1.165) is 48.9 Å². The Balaban J connectivity index is 0.00000205. The summed E-state index contributed by atoms with van der Waals surface area (Å²) in [7, 11) is 0. The fourth-order valence-corrected chi connectivity index (χ4v) is 5.51. The third-order valence-electron chi connectivity index (χ3n) is 6.88. The van der Waals surface area contributed by atoms with Gasteiger partial charge in [-0.05, 0) is 62.3 Å². The number of hydrogen-bond acceptors (Lipinski definition) is 5. The molecule has 3 amide bonds. The number of nitrogens with zero attached hydrogens (tertiary/aromatic N) is 1. The monoisotopic (exact) mass is 419 g/mol. The van der Waals surface area contributed by atoms with Gasteiger partial charge in [0, 0.05) is 5.69 Å². The largest absolute Gasteiger partial charge is 0.399 e. The second-order valence-corrected chi connectivity index (χ2v) is 8.48. The summed E-state index contributed by atoms with van der Waals surface area (Å²) >= 11 is 0. The van der Waals surface area contributed by atoms with E-state index in [1.807, 2.05) is 18.2 Å². The molecule has 1 aromatic carbocycles. The maximum atomic E-state index is 13.0. The van der Waals surface area contributed by atoms with Crippen LogP contribution in [0.4, 0.5) is 5.69 Å². The summed E-state index contributed by atoms with van der Waals surface area (Å²) in [5, 5.41) is 3.06. The van der Waals surface area contributed by atoms with Crippen molar-refractivity contribution in [3.8, 4) is 0 Å². The maximum absolute atomic E-state index is 13.0. The van der Waals surface area contributed by atoms with Gasteiger partial charge < -0.3 is 15.8 Å². The predicted molar refractivity (Wildman–Crippen MR) is 108 cm³/mol. The Morgan fingerprint density at radius 3 is 2.48 bits per heavy atom. The number of hydrogen-bond donors (Lipinski definition) is 2. The van der Waals surface area contributed by atoms with E-state index in [-0.39, 0.29) is 48.4 Å².